The smallest absolute Gasteiger partial charge is 0.317 e. The van der Waals surface area contributed by atoms with Gasteiger partial charge in [0.1, 0.15) is 5.82 Å². The molecular weight excluding hydrogens is 298 g/mol. The van der Waals surface area contributed by atoms with E-state index in [2.05, 4.69) is 20.0 Å². The minimum atomic E-state index is -0.183. The lowest BCUT2D eigenvalue weighted by Gasteiger charge is -2.34. The minimum absolute atomic E-state index is 0.0397. The van der Waals surface area contributed by atoms with E-state index in [4.69, 9.17) is 0 Å². The average molecular weight is 323 g/mol. The van der Waals surface area contributed by atoms with Gasteiger partial charge in [-0.1, -0.05) is 0 Å². The highest BCUT2D eigenvalue weighted by Gasteiger charge is 2.29. The van der Waals surface area contributed by atoms with E-state index in [1.54, 1.807) is 0 Å². The molecule has 1 aromatic rings. The third-order valence-corrected chi connectivity index (χ3v) is 4.64. The van der Waals surface area contributed by atoms with Crippen LogP contribution in [-0.4, -0.2) is 45.0 Å². The SMILES string of the molecule is CC(C)(C)NC(=O)N1CCC(Nc2nc(C3CC3)ns2)CC1. The lowest BCUT2D eigenvalue weighted by atomic mass is 10.1. The molecule has 2 heterocycles. The summed E-state index contributed by atoms with van der Waals surface area (Å²) in [7, 11) is 0. The Labute approximate surface area is 135 Å². The molecule has 2 aliphatic rings. The van der Waals surface area contributed by atoms with Crippen molar-refractivity contribution in [1.29, 1.82) is 0 Å². The van der Waals surface area contributed by atoms with Gasteiger partial charge in [0.2, 0.25) is 5.13 Å². The van der Waals surface area contributed by atoms with Crippen LogP contribution in [0.25, 0.3) is 0 Å². The molecule has 0 bridgehead atoms. The van der Waals surface area contributed by atoms with Crippen LogP contribution >= 0.6 is 11.5 Å². The number of piperidine rings is 1. The first-order valence-electron chi connectivity index (χ1n) is 8.08. The van der Waals surface area contributed by atoms with E-state index in [0.29, 0.717) is 12.0 Å². The second-order valence-corrected chi connectivity index (χ2v) is 8.07. The summed E-state index contributed by atoms with van der Waals surface area (Å²) in [6, 6.07) is 0.427. The normalized spacial score (nSPS) is 20.0. The summed E-state index contributed by atoms with van der Waals surface area (Å²) >= 11 is 1.46. The van der Waals surface area contributed by atoms with Crippen LogP contribution in [-0.2, 0) is 0 Å². The Morgan fingerprint density at radius 2 is 1.91 bits per heavy atom. The monoisotopic (exact) mass is 323 g/mol. The van der Waals surface area contributed by atoms with E-state index >= 15 is 0 Å². The zero-order valence-electron chi connectivity index (χ0n) is 13.6. The van der Waals surface area contributed by atoms with Gasteiger partial charge in [0.05, 0.1) is 0 Å². The molecule has 122 valence electrons. The number of rotatable bonds is 3. The highest BCUT2D eigenvalue weighted by Crippen LogP contribution is 2.39. The zero-order valence-corrected chi connectivity index (χ0v) is 14.4. The summed E-state index contributed by atoms with van der Waals surface area (Å²) in [6.45, 7) is 7.59. The van der Waals surface area contributed by atoms with Gasteiger partial charge in [0.25, 0.3) is 0 Å². The fourth-order valence-corrected chi connectivity index (χ4v) is 3.33. The summed E-state index contributed by atoms with van der Waals surface area (Å²) in [5.41, 5.74) is -0.183. The summed E-state index contributed by atoms with van der Waals surface area (Å²) < 4.78 is 4.42. The Bertz CT molecular complexity index is 526. The van der Waals surface area contributed by atoms with Crippen molar-refractivity contribution >= 4 is 22.7 Å². The summed E-state index contributed by atoms with van der Waals surface area (Å²) in [4.78, 5) is 18.6. The van der Waals surface area contributed by atoms with Crippen LogP contribution in [0.5, 0.6) is 0 Å². The summed E-state index contributed by atoms with van der Waals surface area (Å²) in [5, 5.41) is 7.43. The number of hydrogen-bond donors (Lipinski definition) is 2. The molecule has 1 aliphatic carbocycles. The topological polar surface area (TPSA) is 70.2 Å². The Kier molecular flexibility index (Phi) is 4.25. The van der Waals surface area contributed by atoms with Gasteiger partial charge >= 0.3 is 6.03 Å². The van der Waals surface area contributed by atoms with Crippen molar-refractivity contribution < 1.29 is 4.79 Å². The number of aromatic nitrogens is 2. The Hall–Kier alpha value is -1.37. The molecule has 0 radical (unpaired) electrons. The van der Waals surface area contributed by atoms with E-state index in [1.165, 1.54) is 24.4 Å². The number of nitrogens with zero attached hydrogens (tertiary/aromatic N) is 3. The molecule has 0 atom stereocenters. The molecule has 2 amide bonds. The van der Waals surface area contributed by atoms with E-state index in [1.807, 2.05) is 25.7 Å². The lowest BCUT2D eigenvalue weighted by molar-refractivity contribution is 0.175. The van der Waals surface area contributed by atoms with Gasteiger partial charge in [0, 0.05) is 42.1 Å². The lowest BCUT2D eigenvalue weighted by Crippen LogP contribution is -2.51. The molecule has 2 fully saturated rings. The third-order valence-electron chi connectivity index (χ3n) is 3.98. The molecule has 1 aliphatic heterocycles. The molecule has 1 saturated carbocycles. The van der Waals surface area contributed by atoms with Gasteiger partial charge in [-0.15, -0.1) is 0 Å². The number of carbonyl (C=O) groups is 1. The fraction of sp³-hybridized carbons (Fsp3) is 0.800. The number of amides is 2. The maximum absolute atomic E-state index is 12.1. The predicted molar refractivity (Wildman–Crippen MR) is 88.4 cm³/mol. The van der Waals surface area contributed by atoms with E-state index in [-0.39, 0.29) is 11.6 Å². The number of urea groups is 1. The standard InChI is InChI=1S/C15H25N5OS/c1-15(2,3)18-14(21)20-8-6-11(7-9-20)16-13-17-12(19-22-13)10-4-5-10/h10-11H,4-9H2,1-3H3,(H,18,21)(H,16,17,19). The van der Waals surface area contributed by atoms with Crippen molar-refractivity contribution in [3.63, 3.8) is 0 Å². The van der Waals surface area contributed by atoms with Crippen LogP contribution in [0.15, 0.2) is 0 Å². The molecule has 2 N–H and O–H groups in total. The maximum atomic E-state index is 12.1. The highest BCUT2D eigenvalue weighted by molar-refractivity contribution is 7.09. The molecule has 3 rings (SSSR count). The largest absolute Gasteiger partial charge is 0.357 e. The van der Waals surface area contributed by atoms with Crippen LogP contribution in [0.1, 0.15) is 58.2 Å². The number of nitrogens with one attached hydrogen (secondary N) is 2. The highest BCUT2D eigenvalue weighted by atomic mass is 32.1. The minimum Gasteiger partial charge on any atom is -0.357 e. The zero-order chi connectivity index (χ0) is 15.7. The van der Waals surface area contributed by atoms with Crippen molar-refractivity contribution in [2.24, 2.45) is 0 Å². The van der Waals surface area contributed by atoms with Crippen molar-refractivity contribution in [2.75, 3.05) is 18.4 Å². The Morgan fingerprint density at radius 3 is 2.50 bits per heavy atom. The molecule has 1 saturated heterocycles. The van der Waals surface area contributed by atoms with Crippen LogP contribution in [0.3, 0.4) is 0 Å². The molecule has 1 aromatic heterocycles. The molecule has 6 nitrogen and oxygen atoms in total. The average Bonchev–Trinajstić information content (AvgIpc) is 3.19. The first-order valence-corrected chi connectivity index (χ1v) is 8.85. The quantitative estimate of drug-likeness (QED) is 0.897. The molecule has 0 unspecified atom stereocenters. The summed E-state index contributed by atoms with van der Waals surface area (Å²) in [5.74, 6) is 1.62. The van der Waals surface area contributed by atoms with E-state index in [0.717, 1.165) is 36.9 Å². The first-order chi connectivity index (χ1) is 10.4. The maximum Gasteiger partial charge on any atom is 0.317 e. The van der Waals surface area contributed by atoms with Gasteiger partial charge < -0.3 is 15.5 Å². The number of likely N-dealkylation sites (tertiary alicyclic amines) is 1. The Morgan fingerprint density at radius 1 is 1.23 bits per heavy atom. The third kappa shape index (κ3) is 4.09. The fourth-order valence-electron chi connectivity index (χ4n) is 2.60. The van der Waals surface area contributed by atoms with Crippen LogP contribution in [0.2, 0.25) is 0 Å². The van der Waals surface area contributed by atoms with Crippen molar-refractivity contribution in [3.8, 4) is 0 Å². The van der Waals surface area contributed by atoms with Gasteiger partial charge in [-0.25, -0.2) is 9.78 Å². The number of anilines is 1. The summed E-state index contributed by atoms with van der Waals surface area (Å²) in [6.07, 6.45) is 4.38. The molecule has 0 spiro atoms. The van der Waals surface area contributed by atoms with Gasteiger partial charge in [0.15, 0.2) is 0 Å². The van der Waals surface area contributed by atoms with Crippen molar-refractivity contribution in [2.45, 2.75) is 64.0 Å². The van der Waals surface area contributed by atoms with Gasteiger partial charge in [-0.3, -0.25) is 0 Å². The van der Waals surface area contributed by atoms with E-state index in [9.17, 15) is 4.79 Å². The van der Waals surface area contributed by atoms with Crippen LogP contribution in [0, 0.1) is 0 Å². The van der Waals surface area contributed by atoms with Crippen molar-refractivity contribution in [1.82, 2.24) is 19.6 Å². The second-order valence-electron chi connectivity index (χ2n) is 7.32. The van der Waals surface area contributed by atoms with E-state index < -0.39 is 0 Å². The van der Waals surface area contributed by atoms with Crippen molar-refractivity contribution in [3.05, 3.63) is 5.82 Å². The second kappa shape index (κ2) is 6.02. The molecule has 7 heteroatoms. The molecule has 22 heavy (non-hydrogen) atoms. The number of carbonyl (C=O) groups excluding carboxylic acids is 1. The Balaban J connectivity index is 1.45. The molecule has 0 aromatic carbocycles. The predicted octanol–water partition coefficient (Wildman–Crippen LogP) is 2.80. The van der Waals surface area contributed by atoms with Crippen LogP contribution in [0.4, 0.5) is 9.93 Å². The van der Waals surface area contributed by atoms with Gasteiger partial charge in [-0.05, 0) is 46.5 Å². The first kappa shape index (κ1) is 15.5. The van der Waals surface area contributed by atoms with Gasteiger partial charge in [-0.2, -0.15) is 4.37 Å². The van der Waals surface area contributed by atoms with Crippen LogP contribution < -0.4 is 10.6 Å². The number of hydrogen-bond acceptors (Lipinski definition) is 5. The molecular formula is C15H25N5OS.